The van der Waals surface area contributed by atoms with E-state index < -0.39 is 0 Å². The Morgan fingerprint density at radius 3 is 2.50 bits per heavy atom. The quantitative estimate of drug-likeness (QED) is 0.773. The van der Waals surface area contributed by atoms with E-state index >= 15 is 0 Å². The highest BCUT2D eigenvalue weighted by Crippen LogP contribution is 2.31. The van der Waals surface area contributed by atoms with E-state index in [1.54, 1.807) is 6.92 Å². The third-order valence-electron chi connectivity index (χ3n) is 5.34. The molecule has 0 N–H and O–H groups in total. The summed E-state index contributed by atoms with van der Waals surface area (Å²) in [5.41, 5.74) is 0. The normalized spacial score (nSPS) is 31.0. The fraction of sp³-hybridized carbons (Fsp3) is 0.941. The fourth-order valence-electron chi connectivity index (χ4n) is 4.16. The van der Waals surface area contributed by atoms with Crippen LogP contribution in [0.25, 0.3) is 0 Å². The van der Waals surface area contributed by atoms with E-state index in [4.69, 9.17) is 0 Å². The maximum absolute atomic E-state index is 11.4. The van der Waals surface area contributed by atoms with Crippen LogP contribution in [-0.2, 0) is 4.79 Å². The van der Waals surface area contributed by atoms with Gasteiger partial charge in [0.2, 0.25) is 5.91 Å². The van der Waals surface area contributed by atoms with E-state index in [-0.39, 0.29) is 5.91 Å². The van der Waals surface area contributed by atoms with Crippen molar-refractivity contribution in [1.29, 1.82) is 0 Å². The lowest BCUT2D eigenvalue weighted by Crippen LogP contribution is -2.34. The minimum Gasteiger partial charge on any atom is -0.343 e. The number of carbonyl (C=O) groups is 1. The van der Waals surface area contributed by atoms with Gasteiger partial charge in [-0.2, -0.15) is 0 Å². The highest BCUT2D eigenvalue weighted by atomic mass is 16.2. The lowest BCUT2D eigenvalue weighted by Gasteiger charge is -2.32. The molecular weight excluding hydrogens is 248 g/mol. The van der Waals surface area contributed by atoms with E-state index in [2.05, 4.69) is 18.9 Å². The molecule has 20 heavy (non-hydrogen) atoms. The number of likely N-dealkylation sites (tertiary alicyclic amines) is 1. The summed E-state index contributed by atoms with van der Waals surface area (Å²) >= 11 is 0. The van der Waals surface area contributed by atoms with Crippen molar-refractivity contribution in [2.75, 3.05) is 33.2 Å². The fourth-order valence-corrected chi connectivity index (χ4v) is 4.16. The van der Waals surface area contributed by atoms with Gasteiger partial charge in [-0.05, 0) is 44.1 Å². The Labute approximate surface area is 124 Å². The highest BCUT2D eigenvalue weighted by Gasteiger charge is 2.26. The number of hydrogen-bond donors (Lipinski definition) is 0. The molecule has 116 valence electrons. The Hall–Kier alpha value is -0.570. The van der Waals surface area contributed by atoms with Gasteiger partial charge < -0.3 is 9.80 Å². The minimum atomic E-state index is 0.244. The minimum absolute atomic E-state index is 0.244. The van der Waals surface area contributed by atoms with Gasteiger partial charge in [-0.1, -0.05) is 26.2 Å². The zero-order valence-corrected chi connectivity index (χ0v) is 13.6. The van der Waals surface area contributed by atoms with Crippen molar-refractivity contribution in [3.05, 3.63) is 0 Å². The summed E-state index contributed by atoms with van der Waals surface area (Å²) in [6.45, 7) is 8.39. The van der Waals surface area contributed by atoms with Crippen LogP contribution in [0.15, 0.2) is 0 Å². The molecule has 1 heterocycles. The van der Waals surface area contributed by atoms with Crippen LogP contribution < -0.4 is 0 Å². The Balaban J connectivity index is 1.70. The average molecular weight is 280 g/mol. The van der Waals surface area contributed by atoms with Gasteiger partial charge in [0.25, 0.3) is 0 Å². The third kappa shape index (κ3) is 4.47. The molecule has 0 spiro atoms. The molecule has 0 radical (unpaired) electrons. The number of rotatable bonds is 5. The third-order valence-corrected chi connectivity index (χ3v) is 5.34. The predicted octanol–water partition coefficient (Wildman–Crippen LogP) is 3.00. The van der Waals surface area contributed by atoms with Crippen LogP contribution in [0.3, 0.4) is 0 Å². The van der Waals surface area contributed by atoms with Gasteiger partial charge in [0.05, 0.1) is 0 Å². The topological polar surface area (TPSA) is 23.6 Å². The first-order chi connectivity index (χ1) is 9.58. The molecule has 1 amide bonds. The second kappa shape index (κ2) is 7.44. The summed E-state index contributed by atoms with van der Waals surface area (Å²) < 4.78 is 0. The van der Waals surface area contributed by atoms with Crippen LogP contribution in [0.5, 0.6) is 0 Å². The Morgan fingerprint density at radius 2 is 1.85 bits per heavy atom. The molecule has 1 saturated carbocycles. The van der Waals surface area contributed by atoms with E-state index in [9.17, 15) is 4.79 Å². The number of carbonyl (C=O) groups excluding carboxylic acids is 1. The van der Waals surface area contributed by atoms with Crippen molar-refractivity contribution in [3.8, 4) is 0 Å². The molecule has 2 aliphatic rings. The second-order valence-electron chi connectivity index (χ2n) is 7.15. The second-order valence-corrected chi connectivity index (χ2v) is 7.15. The lowest BCUT2D eigenvalue weighted by molar-refractivity contribution is -0.127. The molecule has 0 bridgehead atoms. The lowest BCUT2D eigenvalue weighted by atomic mass is 9.80. The first kappa shape index (κ1) is 15.8. The highest BCUT2D eigenvalue weighted by molar-refractivity contribution is 5.73. The van der Waals surface area contributed by atoms with Crippen LogP contribution in [-0.4, -0.2) is 48.9 Å². The maximum Gasteiger partial charge on any atom is 0.219 e. The van der Waals surface area contributed by atoms with E-state index in [0.717, 1.165) is 31.5 Å². The first-order valence-electron chi connectivity index (χ1n) is 8.52. The molecule has 0 aromatic carbocycles. The predicted molar refractivity (Wildman–Crippen MR) is 83.6 cm³/mol. The van der Waals surface area contributed by atoms with E-state index in [1.165, 1.54) is 45.1 Å². The van der Waals surface area contributed by atoms with Gasteiger partial charge >= 0.3 is 0 Å². The van der Waals surface area contributed by atoms with Crippen LogP contribution in [0.2, 0.25) is 0 Å². The van der Waals surface area contributed by atoms with Gasteiger partial charge in [-0.3, -0.25) is 4.79 Å². The summed E-state index contributed by atoms with van der Waals surface area (Å²) in [7, 11) is 2.27. The molecule has 3 nitrogen and oxygen atoms in total. The summed E-state index contributed by atoms with van der Waals surface area (Å²) in [5, 5.41) is 0. The summed E-state index contributed by atoms with van der Waals surface area (Å²) in [6, 6.07) is 0. The molecule has 0 aromatic rings. The van der Waals surface area contributed by atoms with Crippen LogP contribution in [0.1, 0.15) is 52.4 Å². The Morgan fingerprint density at radius 1 is 1.15 bits per heavy atom. The Kier molecular flexibility index (Phi) is 5.88. The van der Waals surface area contributed by atoms with Crippen LogP contribution in [0, 0.1) is 17.8 Å². The SMILES string of the molecule is CC[C@@H]1CCC[C@@H](CN(C)C[C@@H]2CCN(C(C)=O)C2)C1. The molecule has 2 fully saturated rings. The Bertz CT molecular complexity index is 318. The van der Waals surface area contributed by atoms with Gasteiger partial charge in [-0.15, -0.1) is 0 Å². The van der Waals surface area contributed by atoms with Gasteiger partial charge in [-0.25, -0.2) is 0 Å². The molecule has 0 aromatic heterocycles. The van der Waals surface area contributed by atoms with Gasteiger partial charge in [0.15, 0.2) is 0 Å². The van der Waals surface area contributed by atoms with Crippen molar-refractivity contribution in [3.63, 3.8) is 0 Å². The number of nitrogens with zero attached hydrogens (tertiary/aromatic N) is 2. The molecule has 1 aliphatic heterocycles. The van der Waals surface area contributed by atoms with Crippen molar-refractivity contribution < 1.29 is 4.79 Å². The first-order valence-corrected chi connectivity index (χ1v) is 8.52. The van der Waals surface area contributed by atoms with Crippen LogP contribution in [0.4, 0.5) is 0 Å². The molecule has 1 aliphatic carbocycles. The van der Waals surface area contributed by atoms with Crippen LogP contribution >= 0.6 is 0 Å². The largest absolute Gasteiger partial charge is 0.343 e. The molecule has 3 atom stereocenters. The van der Waals surface area contributed by atoms with Crippen molar-refractivity contribution >= 4 is 5.91 Å². The van der Waals surface area contributed by atoms with E-state index in [0.29, 0.717) is 5.92 Å². The summed E-state index contributed by atoms with van der Waals surface area (Å²) in [6.07, 6.45) is 8.28. The van der Waals surface area contributed by atoms with Gasteiger partial charge in [0, 0.05) is 33.1 Å². The zero-order chi connectivity index (χ0) is 14.5. The summed E-state index contributed by atoms with van der Waals surface area (Å²) in [4.78, 5) is 15.9. The standard InChI is InChI=1S/C17H32N2O/c1-4-15-6-5-7-16(10-15)11-18(3)12-17-8-9-19(13-17)14(2)20/h15-17H,4-13H2,1-3H3/t15-,16-,17+/m1/s1. The summed E-state index contributed by atoms with van der Waals surface area (Å²) in [5.74, 6) is 2.81. The molecule has 1 saturated heterocycles. The monoisotopic (exact) mass is 280 g/mol. The molecular formula is C17H32N2O. The molecule has 3 heteroatoms. The number of hydrogen-bond acceptors (Lipinski definition) is 2. The zero-order valence-electron chi connectivity index (χ0n) is 13.6. The van der Waals surface area contributed by atoms with Crippen molar-refractivity contribution in [2.45, 2.75) is 52.4 Å². The van der Waals surface area contributed by atoms with E-state index in [1.807, 2.05) is 4.90 Å². The smallest absolute Gasteiger partial charge is 0.219 e. The van der Waals surface area contributed by atoms with Crippen molar-refractivity contribution in [1.82, 2.24) is 9.80 Å². The number of amides is 1. The molecule has 2 rings (SSSR count). The average Bonchev–Trinajstić information content (AvgIpc) is 2.87. The maximum atomic E-state index is 11.4. The van der Waals surface area contributed by atoms with Gasteiger partial charge in [0.1, 0.15) is 0 Å². The molecule has 0 unspecified atom stereocenters. The van der Waals surface area contributed by atoms with Crippen molar-refractivity contribution in [2.24, 2.45) is 17.8 Å².